The van der Waals surface area contributed by atoms with Crippen molar-refractivity contribution < 1.29 is 14.6 Å². The van der Waals surface area contributed by atoms with Crippen LogP contribution in [-0.4, -0.2) is 62.7 Å². The minimum Gasteiger partial charge on any atom is -0.378 e. The third kappa shape index (κ3) is 3.86. The highest BCUT2D eigenvalue weighted by Crippen LogP contribution is 2.37. The van der Waals surface area contributed by atoms with Crippen LogP contribution in [-0.2, 0) is 16.0 Å². The Morgan fingerprint density at radius 3 is 2.81 bits per heavy atom. The van der Waals surface area contributed by atoms with Gasteiger partial charge in [-0.1, -0.05) is 29.8 Å². The quantitative estimate of drug-likeness (QED) is 0.631. The Kier molecular flexibility index (Phi) is 5.81. The maximum Gasteiger partial charge on any atom is 0.223 e. The molecule has 2 aromatic heterocycles. The average molecular weight is 472 g/mol. The summed E-state index contributed by atoms with van der Waals surface area (Å²) in [6, 6.07) is 9.47. The second-order valence-electron chi connectivity index (χ2n) is 7.70. The van der Waals surface area contributed by atoms with E-state index in [4.69, 9.17) is 16.3 Å². The van der Waals surface area contributed by atoms with Gasteiger partial charge in [0.25, 0.3) is 0 Å². The summed E-state index contributed by atoms with van der Waals surface area (Å²) in [4.78, 5) is 20.1. The summed E-state index contributed by atoms with van der Waals surface area (Å²) < 4.78 is 7.18. The molecule has 3 aromatic rings. The summed E-state index contributed by atoms with van der Waals surface area (Å²) in [6.07, 6.45) is -0.120. The molecule has 0 bridgehead atoms. The lowest BCUT2D eigenvalue weighted by atomic mass is 10.0. The van der Waals surface area contributed by atoms with Crippen molar-refractivity contribution in [2.75, 3.05) is 26.3 Å². The fourth-order valence-corrected chi connectivity index (χ4v) is 5.44. The van der Waals surface area contributed by atoms with Crippen molar-refractivity contribution in [3.05, 3.63) is 63.0 Å². The van der Waals surface area contributed by atoms with Crippen molar-refractivity contribution in [2.24, 2.45) is 4.99 Å². The van der Waals surface area contributed by atoms with Crippen LogP contribution in [0.1, 0.15) is 40.3 Å². The largest absolute Gasteiger partial charge is 0.378 e. The number of amides is 1. The van der Waals surface area contributed by atoms with E-state index in [0.717, 1.165) is 21.0 Å². The fourth-order valence-electron chi connectivity index (χ4n) is 4.01. The highest BCUT2D eigenvalue weighted by molar-refractivity contribution is 7.15. The van der Waals surface area contributed by atoms with E-state index in [1.807, 2.05) is 40.7 Å². The van der Waals surface area contributed by atoms with Crippen LogP contribution in [0, 0.1) is 6.92 Å². The third-order valence-corrected chi connectivity index (χ3v) is 7.14. The lowest BCUT2D eigenvalue weighted by Crippen LogP contribution is -2.40. The summed E-state index contributed by atoms with van der Waals surface area (Å²) in [7, 11) is 0. The van der Waals surface area contributed by atoms with Crippen LogP contribution in [0.2, 0.25) is 5.02 Å². The number of carbonyl (C=O) groups excluding carboxylic acids is 1. The highest BCUT2D eigenvalue weighted by Gasteiger charge is 2.29. The predicted octanol–water partition coefficient (Wildman–Crippen LogP) is 2.92. The number of aryl methyl sites for hydroxylation is 2. The number of aromatic nitrogens is 3. The Morgan fingerprint density at radius 1 is 1.25 bits per heavy atom. The monoisotopic (exact) mass is 471 g/mol. The van der Waals surface area contributed by atoms with Crippen LogP contribution < -0.4 is 0 Å². The number of aliphatic hydroxyl groups is 1. The fraction of sp³-hybridized carbons (Fsp3) is 0.364. The van der Waals surface area contributed by atoms with Gasteiger partial charge < -0.3 is 14.7 Å². The molecule has 1 aromatic carbocycles. The van der Waals surface area contributed by atoms with Gasteiger partial charge in [0.1, 0.15) is 10.8 Å². The molecule has 0 aliphatic carbocycles. The molecule has 1 atom stereocenters. The van der Waals surface area contributed by atoms with E-state index in [2.05, 4.69) is 15.2 Å². The number of morpholine rings is 1. The molecule has 32 heavy (non-hydrogen) atoms. The molecule has 8 nitrogen and oxygen atoms in total. The Labute approximate surface area is 194 Å². The van der Waals surface area contributed by atoms with E-state index in [-0.39, 0.29) is 5.91 Å². The smallest absolute Gasteiger partial charge is 0.223 e. The highest BCUT2D eigenvalue weighted by atomic mass is 35.5. The van der Waals surface area contributed by atoms with Gasteiger partial charge in [-0.25, -0.2) is 4.99 Å². The Morgan fingerprint density at radius 2 is 2.03 bits per heavy atom. The van der Waals surface area contributed by atoms with Crippen LogP contribution in [0.3, 0.4) is 0 Å². The number of fused-ring (bicyclic) bond motifs is 3. The van der Waals surface area contributed by atoms with Gasteiger partial charge in [0.05, 0.1) is 18.9 Å². The van der Waals surface area contributed by atoms with E-state index in [1.165, 1.54) is 0 Å². The maximum atomic E-state index is 12.6. The van der Waals surface area contributed by atoms with E-state index >= 15 is 0 Å². The van der Waals surface area contributed by atoms with Gasteiger partial charge in [0.15, 0.2) is 5.82 Å². The first-order valence-corrected chi connectivity index (χ1v) is 11.6. The molecule has 10 heteroatoms. The molecule has 1 fully saturated rings. The molecular formula is C22H22ClN5O3S. The lowest BCUT2D eigenvalue weighted by Gasteiger charge is -2.26. The summed E-state index contributed by atoms with van der Waals surface area (Å²) in [5.41, 5.74) is 2.18. The standard InChI is InChI=1S/C22H22ClN5O3S/c1-13-25-26-20-21(30)24-19(15-4-2-3-5-17(15)23)16-12-14(32-22(16)28(13)20)6-7-18(29)27-8-10-31-11-9-27/h2-5,12,21,30H,6-11H2,1H3. The van der Waals surface area contributed by atoms with Crippen molar-refractivity contribution in [3.63, 3.8) is 0 Å². The topological polar surface area (TPSA) is 92.8 Å². The number of thiophene rings is 1. The Hall–Kier alpha value is -2.59. The molecular weight excluding hydrogens is 450 g/mol. The van der Waals surface area contributed by atoms with Crippen molar-refractivity contribution in [1.82, 2.24) is 19.7 Å². The normalized spacial score (nSPS) is 18.0. The zero-order valence-corrected chi connectivity index (χ0v) is 19.1. The molecule has 1 N–H and O–H groups in total. The second-order valence-corrected chi connectivity index (χ2v) is 9.22. The van der Waals surface area contributed by atoms with Crippen LogP contribution in [0.5, 0.6) is 0 Å². The van der Waals surface area contributed by atoms with Crippen LogP contribution in [0.25, 0.3) is 5.00 Å². The predicted molar refractivity (Wildman–Crippen MR) is 122 cm³/mol. The number of rotatable bonds is 4. The molecule has 2 aliphatic rings. The van der Waals surface area contributed by atoms with E-state index in [9.17, 15) is 9.90 Å². The van der Waals surface area contributed by atoms with Crippen molar-refractivity contribution in [1.29, 1.82) is 0 Å². The first-order valence-electron chi connectivity index (χ1n) is 10.4. The molecule has 0 spiro atoms. The van der Waals surface area contributed by atoms with Gasteiger partial charge in [0, 0.05) is 40.5 Å². The van der Waals surface area contributed by atoms with Gasteiger partial charge in [-0.15, -0.1) is 21.5 Å². The van der Waals surface area contributed by atoms with E-state index in [1.54, 1.807) is 17.4 Å². The molecule has 166 valence electrons. The van der Waals surface area contributed by atoms with Crippen molar-refractivity contribution >= 4 is 34.6 Å². The summed E-state index contributed by atoms with van der Waals surface area (Å²) in [5, 5.41) is 20.5. The molecule has 4 heterocycles. The number of carbonyl (C=O) groups is 1. The first kappa shape index (κ1) is 21.3. The second kappa shape index (κ2) is 8.74. The molecule has 1 unspecified atom stereocenters. The van der Waals surface area contributed by atoms with Crippen molar-refractivity contribution in [2.45, 2.75) is 26.0 Å². The number of aliphatic imine (C=N–C) groups is 1. The molecule has 0 saturated carbocycles. The van der Waals surface area contributed by atoms with Gasteiger partial charge in [-0.3, -0.25) is 9.36 Å². The van der Waals surface area contributed by atoms with Gasteiger partial charge in [-0.05, 0) is 25.5 Å². The Balaban J connectivity index is 1.52. The van der Waals surface area contributed by atoms with E-state index in [0.29, 0.717) is 61.5 Å². The maximum absolute atomic E-state index is 12.6. The molecule has 0 radical (unpaired) electrons. The van der Waals surface area contributed by atoms with Gasteiger partial charge in [0.2, 0.25) is 12.1 Å². The minimum atomic E-state index is -1.16. The minimum absolute atomic E-state index is 0.133. The van der Waals surface area contributed by atoms with Crippen LogP contribution >= 0.6 is 22.9 Å². The van der Waals surface area contributed by atoms with Crippen LogP contribution in [0.15, 0.2) is 35.3 Å². The first-order chi connectivity index (χ1) is 15.5. The van der Waals surface area contributed by atoms with Gasteiger partial charge >= 0.3 is 0 Å². The number of benzene rings is 1. The zero-order chi connectivity index (χ0) is 22.2. The average Bonchev–Trinajstić information content (AvgIpc) is 3.37. The number of hydrogen-bond donors (Lipinski definition) is 1. The molecule has 2 aliphatic heterocycles. The van der Waals surface area contributed by atoms with Crippen molar-refractivity contribution in [3.8, 4) is 5.00 Å². The zero-order valence-electron chi connectivity index (χ0n) is 17.5. The van der Waals surface area contributed by atoms with E-state index < -0.39 is 6.23 Å². The summed E-state index contributed by atoms with van der Waals surface area (Å²) >= 11 is 8.04. The summed E-state index contributed by atoms with van der Waals surface area (Å²) in [6.45, 7) is 4.31. The number of ether oxygens (including phenoxy) is 1. The SMILES string of the molecule is Cc1nnc2n1-c1sc(CCC(=O)N3CCOCC3)cc1C(c1ccccc1Cl)=NC2O. The summed E-state index contributed by atoms with van der Waals surface area (Å²) in [5.74, 6) is 1.16. The number of hydrogen-bond acceptors (Lipinski definition) is 7. The molecule has 1 amide bonds. The van der Waals surface area contributed by atoms with Crippen LogP contribution in [0.4, 0.5) is 0 Å². The number of aliphatic hydroxyl groups excluding tert-OH is 1. The Bertz CT molecular complexity index is 1200. The van der Waals surface area contributed by atoms with Gasteiger partial charge in [-0.2, -0.15) is 0 Å². The molecule has 5 rings (SSSR count). The molecule has 1 saturated heterocycles. The lowest BCUT2D eigenvalue weighted by molar-refractivity contribution is -0.135. The third-order valence-electron chi connectivity index (χ3n) is 5.63. The number of halogens is 1. The number of nitrogens with zero attached hydrogens (tertiary/aromatic N) is 5.